The summed E-state index contributed by atoms with van der Waals surface area (Å²) in [5, 5.41) is 6.07. The fourth-order valence-corrected chi connectivity index (χ4v) is 3.05. The number of hydrogen-bond donors (Lipinski definition) is 2. The normalized spacial score (nSPS) is 13.6. The maximum Gasteiger partial charge on any atom is 0.319 e. The molecule has 0 spiro atoms. The number of halogens is 1. The van der Waals surface area contributed by atoms with Gasteiger partial charge in [-0.25, -0.2) is 14.8 Å². The number of carbonyl (C=O) groups excluding carboxylic acids is 1. The van der Waals surface area contributed by atoms with E-state index in [4.69, 9.17) is 16.3 Å². The van der Waals surface area contributed by atoms with E-state index in [0.717, 1.165) is 43.3 Å². The third-order valence-electron chi connectivity index (χ3n) is 4.12. The van der Waals surface area contributed by atoms with Gasteiger partial charge in [0.15, 0.2) is 0 Å². The topological polar surface area (TPSA) is 79.4 Å². The SMILES string of the molecule is COc1ccc(Cl)cc1NC(=O)NCc1cc(C)nc(N2CCCC2)n1. The van der Waals surface area contributed by atoms with Gasteiger partial charge in [-0.1, -0.05) is 11.6 Å². The van der Waals surface area contributed by atoms with Crippen molar-refractivity contribution in [2.75, 3.05) is 30.4 Å². The maximum atomic E-state index is 12.2. The fraction of sp³-hybridized carbons (Fsp3) is 0.389. The molecule has 26 heavy (non-hydrogen) atoms. The summed E-state index contributed by atoms with van der Waals surface area (Å²) >= 11 is 5.98. The summed E-state index contributed by atoms with van der Waals surface area (Å²) < 4.78 is 5.23. The van der Waals surface area contributed by atoms with E-state index in [2.05, 4.69) is 25.5 Å². The van der Waals surface area contributed by atoms with Crippen molar-refractivity contribution in [3.05, 3.63) is 40.7 Å². The van der Waals surface area contributed by atoms with Crippen molar-refractivity contribution in [1.29, 1.82) is 0 Å². The summed E-state index contributed by atoms with van der Waals surface area (Å²) in [6.45, 7) is 4.19. The quantitative estimate of drug-likeness (QED) is 0.837. The molecule has 0 aliphatic carbocycles. The van der Waals surface area contributed by atoms with Gasteiger partial charge in [-0.3, -0.25) is 0 Å². The minimum Gasteiger partial charge on any atom is -0.495 e. The van der Waals surface area contributed by atoms with Crippen LogP contribution in [0.4, 0.5) is 16.4 Å². The summed E-state index contributed by atoms with van der Waals surface area (Å²) in [6.07, 6.45) is 2.32. The molecule has 1 aromatic carbocycles. The average Bonchev–Trinajstić information content (AvgIpc) is 3.14. The molecule has 1 fully saturated rings. The molecular weight excluding hydrogens is 354 g/mol. The molecule has 0 atom stereocenters. The first-order chi connectivity index (χ1) is 12.5. The zero-order valence-electron chi connectivity index (χ0n) is 14.9. The van der Waals surface area contributed by atoms with Crippen LogP contribution < -0.4 is 20.3 Å². The van der Waals surface area contributed by atoms with Gasteiger partial charge in [0.2, 0.25) is 5.95 Å². The van der Waals surface area contributed by atoms with Crippen LogP contribution in [-0.2, 0) is 6.54 Å². The summed E-state index contributed by atoms with van der Waals surface area (Å²) in [5.41, 5.74) is 2.16. The van der Waals surface area contributed by atoms with Crippen LogP contribution in [0.5, 0.6) is 5.75 Å². The first-order valence-electron chi connectivity index (χ1n) is 8.53. The highest BCUT2D eigenvalue weighted by Crippen LogP contribution is 2.27. The van der Waals surface area contributed by atoms with Crippen LogP contribution in [0.1, 0.15) is 24.2 Å². The number of ether oxygens (including phenoxy) is 1. The van der Waals surface area contributed by atoms with E-state index in [0.29, 0.717) is 23.0 Å². The van der Waals surface area contributed by atoms with E-state index in [9.17, 15) is 4.79 Å². The number of hydrogen-bond acceptors (Lipinski definition) is 5. The lowest BCUT2D eigenvalue weighted by Crippen LogP contribution is -2.29. The van der Waals surface area contributed by atoms with E-state index in [-0.39, 0.29) is 6.03 Å². The number of nitrogens with zero attached hydrogens (tertiary/aromatic N) is 3. The Bertz CT molecular complexity index is 793. The van der Waals surface area contributed by atoms with Crippen LogP contribution in [0.25, 0.3) is 0 Å². The van der Waals surface area contributed by atoms with Crippen LogP contribution in [0.3, 0.4) is 0 Å². The van der Waals surface area contributed by atoms with Crippen molar-refractivity contribution in [2.45, 2.75) is 26.3 Å². The molecule has 3 rings (SSSR count). The number of aryl methyl sites for hydroxylation is 1. The third kappa shape index (κ3) is 4.54. The number of methoxy groups -OCH3 is 1. The van der Waals surface area contributed by atoms with Gasteiger partial charge in [-0.2, -0.15) is 0 Å². The molecule has 0 radical (unpaired) electrons. The zero-order chi connectivity index (χ0) is 18.5. The highest BCUT2D eigenvalue weighted by atomic mass is 35.5. The largest absolute Gasteiger partial charge is 0.495 e. The first-order valence-corrected chi connectivity index (χ1v) is 8.91. The lowest BCUT2D eigenvalue weighted by Gasteiger charge is -2.17. The molecule has 0 bridgehead atoms. The Morgan fingerprint density at radius 1 is 1.27 bits per heavy atom. The molecular formula is C18H22ClN5O2. The van der Waals surface area contributed by atoms with Crippen LogP contribution >= 0.6 is 11.6 Å². The number of aromatic nitrogens is 2. The van der Waals surface area contributed by atoms with Crippen LogP contribution in [0.15, 0.2) is 24.3 Å². The van der Waals surface area contributed by atoms with Crippen molar-refractivity contribution in [2.24, 2.45) is 0 Å². The van der Waals surface area contributed by atoms with Crippen molar-refractivity contribution in [1.82, 2.24) is 15.3 Å². The Balaban J connectivity index is 1.63. The van der Waals surface area contributed by atoms with Gasteiger partial charge in [0, 0.05) is 23.8 Å². The predicted octanol–water partition coefficient (Wildman–Crippen LogP) is 3.37. The molecule has 8 heteroatoms. The second kappa shape index (κ2) is 8.23. The van der Waals surface area contributed by atoms with Gasteiger partial charge in [0.05, 0.1) is 25.0 Å². The molecule has 7 nitrogen and oxygen atoms in total. The molecule has 2 amide bonds. The standard InChI is InChI=1S/C18H22ClN5O2/c1-12-9-14(22-17(21-12)24-7-3-4-8-24)11-20-18(25)23-15-10-13(19)5-6-16(15)26-2/h5-6,9-10H,3-4,7-8,11H2,1-2H3,(H2,20,23,25). The first kappa shape index (κ1) is 18.3. The Morgan fingerprint density at radius 2 is 2.04 bits per heavy atom. The molecule has 2 heterocycles. The van der Waals surface area contributed by atoms with Gasteiger partial charge in [-0.15, -0.1) is 0 Å². The summed E-state index contributed by atoms with van der Waals surface area (Å²) in [6, 6.07) is 6.56. The number of urea groups is 1. The summed E-state index contributed by atoms with van der Waals surface area (Å²) in [5.74, 6) is 1.27. The number of nitrogens with one attached hydrogen (secondary N) is 2. The van der Waals surface area contributed by atoms with E-state index >= 15 is 0 Å². The molecule has 0 saturated carbocycles. The van der Waals surface area contributed by atoms with Crippen molar-refractivity contribution >= 4 is 29.3 Å². The highest BCUT2D eigenvalue weighted by molar-refractivity contribution is 6.31. The Kier molecular flexibility index (Phi) is 5.78. The zero-order valence-corrected chi connectivity index (χ0v) is 15.6. The molecule has 1 saturated heterocycles. The summed E-state index contributed by atoms with van der Waals surface area (Å²) in [4.78, 5) is 23.5. The molecule has 138 valence electrons. The minimum atomic E-state index is -0.357. The molecule has 1 aromatic heterocycles. The van der Waals surface area contributed by atoms with Crippen molar-refractivity contribution in [3.8, 4) is 5.75 Å². The van der Waals surface area contributed by atoms with Gasteiger partial charge in [-0.05, 0) is 44.0 Å². The molecule has 1 aliphatic rings. The van der Waals surface area contributed by atoms with E-state index in [1.54, 1.807) is 18.2 Å². The predicted molar refractivity (Wildman–Crippen MR) is 102 cm³/mol. The second-order valence-corrected chi connectivity index (χ2v) is 6.58. The van der Waals surface area contributed by atoms with Crippen LogP contribution in [0, 0.1) is 6.92 Å². The Morgan fingerprint density at radius 3 is 2.77 bits per heavy atom. The lowest BCUT2D eigenvalue weighted by atomic mass is 10.3. The van der Waals surface area contributed by atoms with Gasteiger partial charge in [0.25, 0.3) is 0 Å². The van der Waals surface area contributed by atoms with Gasteiger partial charge in [0.1, 0.15) is 5.75 Å². The molecule has 2 aromatic rings. The van der Waals surface area contributed by atoms with Crippen molar-refractivity contribution < 1.29 is 9.53 Å². The number of carbonyl (C=O) groups is 1. The Labute approximate surface area is 157 Å². The monoisotopic (exact) mass is 375 g/mol. The van der Waals surface area contributed by atoms with E-state index in [1.165, 1.54) is 7.11 Å². The van der Waals surface area contributed by atoms with Gasteiger partial charge >= 0.3 is 6.03 Å². The van der Waals surface area contributed by atoms with Crippen LogP contribution in [0.2, 0.25) is 5.02 Å². The number of rotatable bonds is 5. The van der Waals surface area contributed by atoms with Crippen LogP contribution in [-0.4, -0.2) is 36.2 Å². The van der Waals surface area contributed by atoms with E-state index < -0.39 is 0 Å². The molecule has 0 unspecified atom stereocenters. The number of benzene rings is 1. The highest BCUT2D eigenvalue weighted by Gasteiger charge is 2.16. The van der Waals surface area contributed by atoms with E-state index in [1.807, 2.05) is 13.0 Å². The van der Waals surface area contributed by atoms with Crippen molar-refractivity contribution in [3.63, 3.8) is 0 Å². The second-order valence-electron chi connectivity index (χ2n) is 6.15. The summed E-state index contributed by atoms with van der Waals surface area (Å²) in [7, 11) is 1.54. The minimum absolute atomic E-state index is 0.304. The average molecular weight is 376 g/mol. The maximum absolute atomic E-state index is 12.2. The lowest BCUT2D eigenvalue weighted by molar-refractivity contribution is 0.251. The smallest absolute Gasteiger partial charge is 0.319 e. The molecule has 2 N–H and O–H groups in total. The number of amides is 2. The Hall–Kier alpha value is -2.54. The number of anilines is 2. The molecule has 1 aliphatic heterocycles. The van der Waals surface area contributed by atoms with Gasteiger partial charge < -0.3 is 20.3 Å². The fourth-order valence-electron chi connectivity index (χ4n) is 2.88. The third-order valence-corrected chi connectivity index (χ3v) is 4.36.